The molecule has 3 aliphatic rings. The van der Waals surface area contributed by atoms with Crippen molar-refractivity contribution in [2.24, 2.45) is 11.8 Å². The van der Waals surface area contributed by atoms with Crippen molar-refractivity contribution in [2.75, 3.05) is 27.3 Å². The van der Waals surface area contributed by atoms with Gasteiger partial charge >= 0.3 is 12.2 Å². The molecule has 0 saturated carbocycles. The van der Waals surface area contributed by atoms with Crippen LogP contribution in [-0.2, 0) is 32.3 Å². The molecule has 0 bridgehead atoms. The molecule has 17 heteroatoms. The number of hydrogen-bond donors (Lipinski definition) is 4. The molecule has 0 unspecified atom stereocenters. The van der Waals surface area contributed by atoms with E-state index in [0.29, 0.717) is 54.4 Å². The Labute approximate surface area is 354 Å². The number of carbonyl (C=O) groups excluding carboxylic acids is 4. The van der Waals surface area contributed by atoms with Gasteiger partial charge in [-0.3, -0.25) is 9.59 Å². The minimum absolute atomic E-state index is 0.157. The van der Waals surface area contributed by atoms with Crippen LogP contribution in [0.1, 0.15) is 95.7 Å². The molecule has 0 aliphatic carbocycles. The number of alkyl carbamates (subject to hydrolysis) is 2. The third-order valence-corrected chi connectivity index (χ3v) is 11.8. The minimum Gasteiger partial charge on any atom is -0.488 e. The molecule has 5 heterocycles. The predicted octanol–water partition coefficient (Wildman–Crippen LogP) is 7.30. The van der Waals surface area contributed by atoms with Gasteiger partial charge < -0.3 is 49.3 Å². The summed E-state index contributed by atoms with van der Waals surface area (Å²) in [6.45, 7) is 13.0. The first-order chi connectivity index (χ1) is 28.7. The van der Waals surface area contributed by atoms with Crippen molar-refractivity contribution >= 4 is 35.6 Å². The number of carbonyl (C=O) groups is 4. The Morgan fingerprint density at radius 3 is 2.10 bits per heavy atom. The average molecular weight is 845 g/mol. The molecule has 4 atom stereocenters. The molecule has 7 rings (SSSR count). The molecule has 0 spiro atoms. The summed E-state index contributed by atoms with van der Waals surface area (Å²) in [6.07, 6.45) is 2.63. The Bertz CT molecular complexity index is 2240. The lowest BCUT2D eigenvalue weighted by atomic mass is 9.87. The largest absolute Gasteiger partial charge is 0.488 e. The number of halogens is 1. The zero-order chi connectivity index (χ0) is 43.0. The van der Waals surface area contributed by atoms with Crippen LogP contribution in [0.3, 0.4) is 0 Å². The predicted molar refractivity (Wildman–Crippen MR) is 223 cm³/mol. The number of methoxy groups -OCH3 is 2. The first-order valence-corrected chi connectivity index (χ1v) is 20.8. The van der Waals surface area contributed by atoms with E-state index < -0.39 is 30.3 Å². The molecule has 1 saturated heterocycles. The first kappa shape index (κ1) is 42.4. The van der Waals surface area contributed by atoms with Gasteiger partial charge in [-0.2, -0.15) is 0 Å². The van der Waals surface area contributed by atoms with Crippen LogP contribution in [0.4, 0.5) is 9.59 Å². The maximum absolute atomic E-state index is 13.8. The van der Waals surface area contributed by atoms with Crippen LogP contribution in [0.25, 0.3) is 33.6 Å². The molecule has 60 heavy (non-hydrogen) atoms. The van der Waals surface area contributed by atoms with E-state index in [4.69, 9.17) is 40.5 Å². The average Bonchev–Trinajstić information content (AvgIpc) is 4.02. The molecule has 2 aromatic carbocycles. The Balaban J connectivity index is 1.13. The lowest BCUT2D eigenvalue weighted by molar-refractivity contribution is -0.137. The van der Waals surface area contributed by atoms with E-state index in [1.807, 2.05) is 59.7 Å². The number of amides is 4. The summed E-state index contributed by atoms with van der Waals surface area (Å²) in [7, 11) is 2.55. The van der Waals surface area contributed by atoms with Crippen molar-refractivity contribution in [3.05, 3.63) is 58.4 Å². The van der Waals surface area contributed by atoms with Crippen molar-refractivity contribution in [1.29, 1.82) is 0 Å². The van der Waals surface area contributed by atoms with E-state index in [-0.39, 0.29) is 36.3 Å². The number of benzene rings is 2. The van der Waals surface area contributed by atoms with Gasteiger partial charge in [0.2, 0.25) is 11.8 Å². The van der Waals surface area contributed by atoms with Gasteiger partial charge in [0.1, 0.15) is 59.3 Å². The number of rotatable bonds is 13. The summed E-state index contributed by atoms with van der Waals surface area (Å²) in [6, 6.07) is 5.76. The molecule has 320 valence electrons. The SMILES string of the molecule is CCCN(C(=O)[C@@H](NC(=O)OC)C(C)C)[C@@H](C)c1ncc(-c2cc3c4c(c2)OCc2cc(-c5nc([C@@H]6CCCN6C(=O)[C@@H](NC(=O)OC)C(C)C)[nH]c5Cl)cc(c2-4)OC3)[nH]1. The Kier molecular flexibility index (Phi) is 12.3. The van der Waals surface area contributed by atoms with Gasteiger partial charge in [0, 0.05) is 46.5 Å². The highest BCUT2D eigenvalue weighted by Crippen LogP contribution is 2.51. The number of ether oxygens (including phenoxy) is 4. The summed E-state index contributed by atoms with van der Waals surface area (Å²) in [5.41, 5.74) is 6.71. The molecular weight excluding hydrogens is 792 g/mol. The van der Waals surface area contributed by atoms with Gasteiger partial charge in [0.05, 0.1) is 38.2 Å². The zero-order valence-electron chi connectivity index (χ0n) is 35.2. The number of aromatic nitrogens is 4. The quantitative estimate of drug-likeness (QED) is 0.106. The summed E-state index contributed by atoms with van der Waals surface area (Å²) < 4.78 is 22.4. The van der Waals surface area contributed by atoms with E-state index in [2.05, 4.69) is 26.7 Å². The first-order valence-electron chi connectivity index (χ1n) is 20.4. The van der Waals surface area contributed by atoms with Crippen molar-refractivity contribution in [1.82, 2.24) is 40.4 Å². The van der Waals surface area contributed by atoms with E-state index in [1.54, 1.807) is 16.0 Å². The van der Waals surface area contributed by atoms with Crippen LogP contribution < -0.4 is 20.1 Å². The third-order valence-electron chi connectivity index (χ3n) is 11.5. The summed E-state index contributed by atoms with van der Waals surface area (Å²) in [4.78, 5) is 71.4. The highest BCUT2D eigenvalue weighted by molar-refractivity contribution is 6.32. The number of hydrogen-bond acceptors (Lipinski definition) is 10. The lowest BCUT2D eigenvalue weighted by Gasteiger charge is -2.33. The van der Waals surface area contributed by atoms with Gasteiger partial charge in [0.25, 0.3) is 0 Å². The molecule has 16 nitrogen and oxygen atoms in total. The number of likely N-dealkylation sites (tertiary alicyclic amines) is 1. The van der Waals surface area contributed by atoms with Crippen molar-refractivity contribution in [3.63, 3.8) is 0 Å². The van der Waals surface area contributed by atoms with Crippen molar-refractivity contribution < 1.29 is 38.1 Å². The van der Waals surface area contributed by atoms with Crippen LogP contribution in [0.5, 0.6) is 11.5 Å². The van der Waals surface area contributed by atoms with E-state index in [9.17, 15) is 19.2 Å². The molecule has 4 N–H and O–H groups in total. The van der Waals surface area contributed by atoms with E-state index >= 15 is 0 Å². The highest BCUT2D eigenvalue weighted by atomic mass is 35.5. The molecule has 2 aromatic heterocycles. The second kappa shape index (κ2) is 17.4. The van der Waals surface area contributed by atoms with E-state index in [1.165, 1.54) is 14.2 Å². The van der Waals surface area contributed by atoms with Gasteiger partial charge in [-0.15, -0.1) is 0 Å². The van der Waals surface area contributed by atoms with Crippen molar-refractivity contribution in [2.45, 2.75) is 98.2 Å². The molecule has 0 radical (unpaired) electrons. The highest BCUT2D eigenvalue weighted by Gasteiger charge is 2.39. The summed E-state index contributed by atoms with van der Waals surface area (Å²) in [5, 5.41) is 5.72. The summed E-state index contributed by atoms with van der Waals surface area (Å²) >= 11 is 6.84. The number of nitrogens with one attached hydrogen (secondary N) is 4. The molecule has 4 aromatic rings. The maximum atomic E-state index is 13.8. The van der Waals surface area contributed by atoms with Crippen LogP contribution in [0.15, 0.2) is 30.5 Å². The van der Waals surface area contributed by atoms with Gasteiger partial charge in [0.15, 0.2) is 0 Å². The maximum Gasteiger partial charge on any atom is 0.407 e. The van der Waals surface area contributed by atoms with Gasteiger partial charge in [-0.05, 0) is 62.3 Å². The molecular formula is C43H53ClN8O8. The minimum atomic E-state index is -0.758. The van der Waals surface area contributed by atoms with Gasteiger partial charge in [-0.25, -0.2) is 19.6 Å². The Hall–Kier alpha value is -5.77. The monoisotopic (exact) mass is 844 g/mol. The Morgan fingerprint density at radius 1 is 0.900 bits per heavy atom. The number of nitrogens with zero attached hydrogens (tertiary/aromatic N) is 4. The Morgan fingerprint density at radius 2 is 1.50 bits per heavy atom. The van der Waals surface area contributed by atoms with Gasteiger partial charge in [-0.1, -0.05) is 46.2 Å². The number of imidazole rings is 2. The van der Waals surface area contributed by atoms with Crippen LogP contribution >= 0.6 is 11.6 Å². The topological polar surface area (TPSA) is 193 Å². The summed E-state index contributed by atoms with van der Waals surface area (Å²) in [5.74, 6) is 1.87. The normalized spacial score (nSPS) is 16.6. The van der Waals surface area contributed by atoms with Crippen molar-refractivity contribution in [3.8, 4) is 45.1 Å². The fourth-order valence-electron chi connectivity index (χ4n) is 8.34. The molecule has 4 amide bonds. The van der Waals surface area contributed by atoms with Crippen LogP contribution in [0, 0.1) is 11.8 Å². The standard InChI is InChI=1S/C43H53ClN8O8/c1-9-12-51(40(53)34(21(2)3)48-42(55)57-7)23(6)38-45-18-28(46-38)24-14-26-19-60-31-17-25(15-27-20-59-30(16-24)32(26)33(27)31)36-37(44)50-39(47-36)29-11-10-13-52(29)41(54)35(22(4)5)49-43(56)58-8/h14-18,21-23,29,34-35H,9-13,19-20H2,1-8H3,(H,45,46)(H,47,50)(H,48,55)(H,49,56)/t23-,29-,34-,35-/m0/s1. The second-order valence-corrected chi connectivity index (χ2v) is 16.6. The van der Waals surface area contributed by atoms with E-state index in [0.717, 1.165) is 57.7 Å². The van der Waals surface area contributed by atoms with Crippen LogP contribution in [-0.4, -0.2) is 93.1 Å². The lowest BCUT2D eigenvalue weighted by Crippen LogP contribution is -2.52. The fourth-order valence-corrected chi connectivity index (χ4v) is 8.59. The number of H-pyrrole nitrogens is 2. The van der Waals surface area contributed by atoms with Crippen LogP contribution in [0.2, 0.25) is 5.15 Å². The number of aromatic amines is 2. The molecule has 3 aliphatic heterocycles. The molecule has 1 fully saturated rings. The fraction of sp³-hybridized carbons (Fsp3) is 0.488. The second-order valence-electron chi connectivity index (χ2n) is 16.2. The zero-order valence-corrected chi connectivity index (χ0v) is 36.0. The third kappa shape index (κ3) is 8.08. The smallest absolute Gasteiger partial charge is 0.407 e.